The number of fused-ring (bicyclic) bond motifs is 1. The Morgan fingerprint density at radius 1 is 1.32 bits per heavy atom. The Hall–Kier alpha value is -2.09. The Balaban J connectivity index is 2.17. The van der Waals surface area contributed by atoms with Gasteiger partial charge in [-0.25, -0.2) is 9.97 Å². The van der Waals surface area contributed by atoms with Crippen molar-refractivity contribution in [3.05, 3.63) is 39.9 Å². The number of nitrogens with zero attached hydrogens (tertiary/aromatic N) is 4. The molecule has 134 valence electrons. The smallest absolute Gasteiger partial charge is 0.328 e. The van der Waals surface area contributed by atoms with Gasteiger partial charge in [-0.3, -0.25) is 9.36 Å². The summed E-state index contributed by atoms with van der Waals surface area (Å²) < 4.78 is 41.6. The molecule has 0 fully saturated rings. The Bertz CT molecular complexity index is 850. The molecule has 3 rings (SSSR count). The van der Waals surface area contributed by atoms with Crippen LogP contribution < -0.4 is 10.5 Å². The van der Waals surface area contributed by atoms with Crippen LogP contribution in [0.25, 0.3) is 11.3 Å². The molecule has 3 heterocycles. The zero-order valence-electron chi connectivity index (χ0n) is 13.6. The van der Waals surface area contributed by atoms with Crippen LogP contribution in [0.4, 0.5) is 19.1 Å². The minimum atomic E-state index is -4.40. The van der Waals surface area contributed by atoms with Crippen molar-refractivity contribution in [1.82, 2.24) is 14.5 Å². The summed E-state index contributed by atoms with van der Waals surface area (Å²) in [7, 11) is 0. The third-order valence-electron chi connectivity index (χ3n) is 4.14. The van der Waals surface area contributed by atoms with Crippen molar-refractivity contribution >= 4 is 17.5 Å². The largest absolute Gasteiger partial charge is 0.408 e. The second kappa shape index (κ2) is 6.33. The number of hydrogen-bond donors (Lipinski definition) is 0. The maximum absolute atomic E-state index is 13.4. The van der Waals surface area contributed by atoms with Gasteiger partial charge in [0.1, 0.15) is 11.2 Å². The SMILES string of the molecule is CC(C)N1c2nc(-c3ccnc(Cl)c3)cc(=O)n2CCC1C(F)(F)F. The van der Waals surface area contributed by atoms with Crippen LogP contribution in [0.2, 0.25) is 5.15 Å². The molecule has 0 spiro atoms. The Morgan fingerprint density at radius 2 is 2.04 bits per heavy atom. The van der Waals surface area contributed by atoms with Crippen molar-refractivity contribution < 1.29 is 13.2 Å². The highest BCUT2D eigenvalue weighted by atomic mass is 35.5. The summed E-state index contributed by atoms with van der Waals surface area (Å²) in [6.45, 7) is 3.28. The summed E-state index contributed by atoms with van der Waals surface area (Å²) >= 11 is 5.86. The molecule has 5 nitrogen and oxygen atoms in total. The fourth-order valence-corrected chi connectivity index (χ4v) is 3.23. The number of anilines is 1. The first-order chi connectivity index (χ1) is 11.7. The topological polar surface area (TPSA) is 51.0 Å². The number of pyridine rings is 1. The third-order valence-corrected chi connectivity index (χ3v) is 4.34. The van der Waals surface area contributed by atoms with E-state index in [2.05, 4.69) is 9.97 Å². The Kier molecular flexibility index (Phi) is 4.49. The zero-order chi connectivity index (χ0) is 18.4. The lowest BCUT2D eigenvalue weighted by Gasteiger charge is -2.41. The molecular weight excluding hydrogens is 357 g/mol. The van der Waals surface area contributed by atoms with Gasteiger partial charge in [-0.15, -0.1) is 0 Å². The summed E-state index contributed by atoms with van der Waals surface area (Å²) in [5, 5.41) is 0.214. The highest BCUT2D eigenvalue weighted by Gasteiger charge is 2.47. The van der Waals surface area contributed by atoms with Gasteiger partial charge in [-0.2, -0.15) is 13.2 Å². The maximum Gasteiger partial charge on any atom is 0.408 e. The molecule has 1 unspecified atom stereocenters. The molecule has 1 atom stereocenters. The van der Waals surface area contributed by atoms with Gasteiger partial charge in [0, 0.05) is 30.4 Å². The van der Waals surface area contributed by atoms with Gasteiger partial charge >= 0.3 is 6.18 Å². The van der Waals surface area contributed by atoms with E-state index in [-0.39, 0.29) is 35.3 Å². The average molecular weight is 373 g/mol. The van der Waals surface area contributed by atoms with Gasteiger partial charge in [0.05, 0.1) is 5.69 Å². The van der Waals surface area contributed by atoms with Crippen LogP contribution in [-0.2, 0) is 6.54 Å². The van der Waals surface area contributed by atoms with Gasteiger partial charge in [0.25, 0.3) is 5.56 Å². The van der Waals surface area contributed by atoms with Crippen molar-refractivity contribution in [3.63, 3.8) is 0 Å². The molecule has 2 aromatic heterocycles. The van der Waals surface area contributed by atoms with E-state index in [9.17, 15) is 18.0 Å². The van der Waals surface area contributed by atoms with Crippen LogP contribution in [-0.4, -0.2) is 32.8 Å². The van der Waals surface area contributed by atoms with Crippen molar-refractivity contribution in [2.45, 2.75) is 45.1 Å². The fraction of sp³-hybridized carbons (Fsp3) is 0.438. The van der Waals surface area contributed by atoms with Crippen LogP contribution in [0.15, 0.2) is 29.2 Å². The minimum Gasteiger partial charge on any atom is -0.328 e. The highest BCUT2D eigenvalue weighted by molar-refractivity contribution is 6.29. The van der Waals surface area contributed by atoms with E-state index in [1.165, 1.54) is 22.9 Å². The predicted molar refractivity (Wildman–Crippen MR) is 88.8 cm³/mol. The van der Waals surface area contributed by atoms with Gasteiger partial charge in [0.2, 0.25) is 5.95 Å². The van der Waals surface area contributed by atoms with Gasteiger partial charge in [-0.05, 0) is 32.4 Å². The maximum atomic E-state index is 13.4. The number of rotatable bonds is 2. The molecule has 0 aliphatic carbocycles. The standard InChI is InChI=1S/C16H16ClF3N4O/c1-9(2)24-12(16(18,19)20)4-6-23-14(25)8-11(22-15(23)24)10-3-5-21-13(17)7-10/h3,5,7-9,12H,4,6H2,1-2H3. The molecule has 25 heavy (non-hydrogen) atoms. The molecule has 0 bridgehead atoms. The van der Waals surface area contributed by atoms with Crippen molar-refractivity contribution in [1.29, 1.82) is 0 Å². The van der Waals surface area contributed by atoms with E-state index in [0.717, 1.165) is 4.90 Å². The van der Waals surface area contributed by atoms with Crippen molar-refractivity contribution in [2.75, 3.05) is 4.90 Å². The molecule has 9 heteroatoms. The molecule has 0 amide bonds. The average Bonchev–Trinajstić information content (AvgIpc) is 2.52. The number of alkyl halides is 3. The number of aromatic nitrogens is 3. The van der Waals surface area contributed by atoms with E-state index < -0.39 is 18.3 Å². The van der Waals surface area contributed by atoms with E-state index in [1.807, 2.05) is 0 Å². The molecule has 0 aromatic carbocycles. The Labute approximate surface area is 147 Å². The van der Waals surface area contributed by atoms with E-state index >= 15 is 0 Å². The fourth-order valence-electron chi connectivity index (χ4n) is 3.05. The molecular formula is C16H16ClF3N4O. The van der Waals surface area contributed by atoms with Gasteiger partial charge < -0.3 is 4.90 Å². The zero-order valence-corrected chi connectivity index (χ0v) is 14.3. The van der Waals surface area contributed by atoms with Gasteiger partial charge in [0.15, 0.2) is 0 Å². The quantitative estimate of drug-likeness (QED) is 0.757. The summed E-state index contributed by atoms with van der Waals surface area (Å²) in [5.41, 5.74) is 0.409. The molecule has 0 saturated heterocycles. The van der Waals surface area contributed by atoms with Gasteiger partial charge in [-0.1, -0.05) is 11.6 Å². The molecule has 1 aliphatic heterocycles. The third kappa shape index (κ3) is 3.35. The lowest BCUT2D eigenvalue weighted by atomic mass is 10.1. The predicted octanol–water partition coefficient (Wildman–Crippen LogP) is 3.51. The first kappa shape index (κ1) is 17.7. The number of hydrogen-bond acceptors (Lipinski definition) is 4. The summed E-state index contributed by atoms with van der Waals surface area (Å²) in [6, 6.07) is 2.29. The first-order valence-electron chi connectivity index (χ1n) is 7.77. The molecule has 0 N–H and O–H groups in total. The molecule has 2 aromatic rings. The van der Waals surface area contributed by atoms with E-state index in [4.69, 9.17) is 11.6 Å². The normalized spacial score (nSPS) is 17.7. The number of halogens is 4. The van der Waals surface area contributed by atoms with Crippen LogP contribution in [0.3, 0.4) is 0 Å². The van der Waals surface area contributed by atoms with Crippen LogP contribution in [0.1, 0.15) is 20.3 Å². The highest BCUT2D eigenvalue weighted by Crippen LogP contribution is 2.35. The lowest BCUT2D eigenvalue weighted by molar-refractivity contribution is -0.153. The lowest BCUT2D eigenvalue weighted by Crippen LogP contribution is -2.55. The van der Waals surface area contributed by atoms with E-state index in [0.29, 0.717) is 5.56 Å². The van der Waals surface area contributed by atoms with Crippen LogP contribution >= 0.6 is 11.6 Å². The monoisotopic (exact) mass is 372 g/mol. The van der Waals surface area contributed by atoms with Crippen molar-refractivity contribution in [2.24, 2.45) is 0 Å². The summed E-state index contributed by atoms with van der Waals surface area (Å²) in [5.74, 6) is 0.0269. The van der Waals surface area contributed by atoms with Crippen LogP contribution in [0.5, 0.6) is 0 Å². The molecule has 0 saturated carbocycles. The second-order valence-corrected chi connectivity index (χ2v) is 6.53. The molecule has 1 aliphatic rings. The van der Waals surface area contributed by atoms with Crippen LogP contribution in [0, 0.1) is 0 Å². The minimum absolute atomic E-state index is 0.0219. The Morgan fingerprint density at radius 3 is 2.64 bits per heavy atom. The molecule has 0 radical (unpaired) electrons. The van der Waals surface area contributed by atoms with E-state index in [1.54, 1.807) is 19.9 Å². The first-order valence-corrected chi connectivity index (χ1v) is 8.15. The second-order valence-electron chi connectivity index (χ2n) is 6.15. The summed E-state index contributed by atoms with van der Waals surface area (Å²) in [6.07, 6.45) is -3.13. The summed E-state index contributed by atoms with van der Waals surface area (Å²) in [4.78, 5) is 21.8. The van der Waals surface area contributed by atoms with Crippen molar-refractivity contribution in [3.8, 4) is 11.3 Å².